The third-order valence-electron chi connectivity index (χ3n) is 7.52. The van der Waals surface area contributed by atoms with Crippen LogP contribution in [0.5, 0.6) is 5.75 Å². The van der Waals surface area contributed by atoms with E-state index >= 15 is 0 Å². The fourth-order valence-electron chi connectivity index (χ4n) is 5.33. The lowest BCUT2D eigenvalue weighted by Gasteiger charge is -2.36. The summed E-state index contributed by atoms with van der Waals surface area (Å²) < 4.78 is 37.1. The van der Waals surface area contributed by atoms with Crippen molar-refractivity contribution in [2.24, 2.45) is 0 Å². The lowest BCUT2D eigenvalue weighted by molar-refractivity contribution is 0.0174. The van der Waals surface area contributed by atoms with Gasteiger partial charge in [0.1, 0.15) is 29.0 Å². The summed E-state index contributed by atoms with van der Waals surface area (Å²) in [6.07, 6.45) is 5.85. The molecular weight excluding hydrogens is 591 g/mol. The topological polar surface area (TPSA) is 131 Å². The molecule has 6 rings (SSSR count). The fraction of sp³-hybridized carbons (Fsp3) is 0.333. The van der Waals surface area contributed by atoms with E-state index in [1.807, 2.05) is 31.2 Å². The van der Waals surface area contributed by atoms with Crippen LogP contribution in [0.2, 0.25) is 10.0 Å². The Labute approximate surface area is 246 Å². The summed E-state index contributed by atoms with van der Waals surface area (Å²) in [5.41, 5.74) is 2.16. The Morgan fingerprint density at radius 2 is 1.83 bits per heavy atom. The Kier molecular flexibility index (Phi) is 7.05. The van der Waals surface area contributed by atoms with Crippen LogP contribution in [0.3, 0.4) is 0 Å². The summed E-state index contributed by atoms with van der Waals surface area (Å²) in [7, 11) is -3.28. The maximum Gasteiger partial charge on any atom is 0.416 e. The summed E-state index contributed by atoms with van der Waals surface area (Å²) in [6, 6.07) is 9.18. The molecule has 0 bridgehead atoms. The van der Waals surface area contributed by atoms with Gasteiger partial charge in [-0.1, -0.05) is 23.2 Å². The second kappa shape index (κ2) is 10.4. The highest BCUT2D eigenvalue weighted by molar-refractivity contribution is 7.88. The lowest BCUT2D eigenvalue weighted by Crippen LogP contribution is -2.48. The number of aromatic amines is 1. The van der Waals surface area contributed by atoms with E-state index in [2.05, 4.69) is 20.2 Å². The Bertz CT molecular complexity index is 1720. The van der Waals surface area contributed by atoms with Gasteiger partial charge in [-0.3, -0.25) is 15.0 Å². The maximum absolute atomic E-state index is 12.8. The molecule has 1 atom stereocenters. The van der Waals surface area contributed by atoms with Gasteiger partial charge in [-0.15, -0.1) is 0 Å². The average Bonchev–Trinajstić information content (AvgIpc) is 3.49. The van der Waals surface area contributed by atoms with Crippen LogP contribution in [0.15, 0.2) is 48.9 Å². The first kappa shape index (κ1) is 27.7. The van der Waals surface area contributed by atoms with Crippen LogP contribution in [0, 0.1) is 0 Å². The van der Waals surface area contributed by atoms with E-state index in [-0.39, 0.29) is 0 Å². The predicted molar refractivity (Wildman–Crippen MR) is 155 cm³/mol. The van der Waals surface area contributed by atoms with Gasteiger partial charge in [0.2, 0.25) is 10.0 Å². The number of nitrogens with zero attached hydrogens (tertiary/aromatic N) is 5. The van der Waals surface area contributed by atoms with Crippen LogP contribution >= 0.6 is 23.2 Å². The number of nitrogens with one attached hydrogen (secondary N) is 1. The minimum absolute atomic E-state index is 0.311. The Hall–Kier alpha value is -3.45. The Balaban J connectivity index is 1.20. The molecule has 1 spiro atoms. The number of carbonyl (C=O) groups is 1. The number of sulfonamides is 1. The largest absolute Gasteiger partial charge is 0.486 e. The normalized spacial score (nSPS) is 18.1. The first-order valence-corrected chi connectivity index (χ1v) is 15.5. The zero-order chi connectivity index (χ0) is 28.9. The van der Waals surface area contributed by atoms with Gasteiger partial charge in [-0.25, -0.2) is 22.5 Å². The number of amides is 1. The van der Waals surface area contributed by atoms with Crippen molar-refractivity contribution in [2.45, 2.75) is 31.5 Å². The number of rotatable bonds is 6. The highest BCUT2D eigenvalue weighted by atomic mass is 35.5. The van der Waals surface area contributed by atoms with E-state index in [1.165, 1.54) is 27.9 Å². The molecule has 0 radical (unpaired) electrons. The van der Waals surface area contributed by atoms with Gasteiger partial charge in [0.25, 0.3) is 0 Å². The number of piperidine rings is 1. The standard InChI is InChI=1S/C27H26Cl2N6O5S/c1-16(24-20(28)13-30-14-21(24)29)39-18-4-5-22-19(11-18)25(33-32-22)17-3-6-23(31-12-17)35-15-27(40-26(35)36)7-9-34(10-8-27)41(2,37)38/h3-6,11-14,16H,7-10,15H2,1-2H3,(H,32,33). The molecule has 4 aromatic rings. The fourth-order valence-corrected chi connectivity index (χ4v) is 6.85. The van der Waals surface area contributed by atoms with Crippen molar-refractivity contribution in [2.75, 3.05) is 30.8 Å². The van der Waals surface area contributed by atoms with Gasteiger partial charge in [0.05, 0.1) is 28.4 Å². The van der Waals surface area contributed by atoms with Crippen LogP contribution in [-0.4, -0.2) is 70.5 Å². The second-order valence-electron chi connectivity index (χ2n) is 10.3. The average molecular weight is 618 g/mol. The number of carbonyl (C=O) groups excluding carboxylic acids is 1. The van der Waals surface area contributed by atoms with E-state index in [1.54, 1.807) is 12.3 Å². The lowest BCUT2D eigenvalue weighted by atomic mass is 9.92. The molecule has 3 aromatic heterocycles. The minimum atomic E-state index is -3.28. The number of H-pyrrole nitrogens is 1. The molecule has 0 saturated carbocycles. The Morgan fingerprint density at radius 1 is 1.10 bits per heavy atom. The molecule has 2 aliphatic rings. The van der Waals surface area contributed by atoms with Crippen LogP contribution < -0.4 is 9.64 Å². The van der Waals surface area contributed by atoms with Gasteiger partial charge in [0, 0.05) is 61.0 Å². The Morgan fingerprint density at radius 3 is 2.49 bits per heavy atom. The molecular formula is C27H26Cl2N6O5S. The number of halogens is 2. The molecule has 5 heterocycles. The van der Waals surface area contributed by atoms with Crippen LogP contribution in [0.4, 0.5) is 10.6 Å². The summed E-state index contributed by atoms with van der Waals surface area (Å²) in [4.78, 5) is 22.8. The highest BCUT2D eigenvalue weighted by Crippen LogP contribution is 2.37. The van der Waals surface area contributed by atoms with Gasteiger partial charge in [-0.2, -0.15) is 5.10 Å². The molecule has 2 aliphatic heterocycles. The molecule has 2 fully saturated rings. The predicted octanol–water partition coefficient (Wildman–Crippen LogP) is 5.22. The third-order valence-corrected chi connectivity index (χ3v) is 9.42. The van der Waals surface area contributed by atoms with Crippen LogP contribution in [0.25, 0.3) is 22.2 Å². The monoisotopic (exact) mass is 616 g/mol. The number of ether oxygens (including phenoxy) is 2. The number of pyridine rings is 2. The molecule has 1 N–H and O–H groups in total. The van der Waals surface area contributed by atoms with Crippen molar-refractivity contribution in [3.05, 3.63) is 64.5 Å². The maximum atomic E-state index is 12.8. The number of anilines is 1. The van der Waals surface area contributed by atoms with Crippen molar-refractivity contribution in [1.82, 2.24) is 24.5 Å². The van der Waals surface area contributed by atoms with Gasteiger partial charge in [0.15, 0.2) is 0 Å². The van der Waals surface area contributed by atoms with Crippen molar-refractivity contribution < 1.29 is 22.7 Å². The number of hydrogen-bond acceptors (Lipinski definition) is 8. The first-order chi connectivity index (χ1) is 19.5. The zero-order valence-electron chi connectivity index (χ0n) is 22.2. The number of benzene rings is 1. The van der Waals surface area contributed by atoms with Gasteiger partial charge < -0.3 is 9.47 Å². The molecule has 2 saturated heterocycles. The van der Waals surface area contributed by atoms with E-state index < -0.39 is 27.8 Å². The smallest absolute Gasteiger partial charge is 0.416 e. The molecule has 1 amide bonds. The van der Waals surface area contributed by atoms with Crippen molar-refractivity contribution in [1.29, 1.82) is 0 Å². The third kappa shape index (κ3) is 5.32. The van der Waals surface area contributed by atoms with Crippen LogP contribution in [0.1, 0.15) is 31.4 Å². The molecule has 41 heavy (non-hydrogen) atoms. The van der Waals surface area contributed by atoms with E-state index in [9.17, 15) is 13.2 Å². The quantitative estimate of drug-likeness (QED) is 0.312. The molecule has 14 heteroatoms. The molecule has 0 aliphatic carbocycles. The number of fused-ring (bicyclic) bond motifs is 1. The molecule has 11 nitrogen and oxygen atoms in total. The van der Waals surface area contributed by atoms with Crippen LogP contribution in [-0.2, 0) is 14.8 Å². The van der Waals surface area contributed by atoms with Gasteiger partial charge >= 0.3 is 6.09 Å². The molecule has 1 aromatic carbocycles. The van der Waals surface area contributed by atoms with Crippen molar-refractivity contribution >= 4 is 56.0 Å². The van der Waals surface area contributed by atoms with Crippen molar-refractivity contribution in [3.8, 4) is 17.0 Å². The minimum Gasteiger partial charge on any atom is -0.486 e. The van der Waals surface area contributed by atoms with Crippen molar-refractivity contribution in [3.63, 3.8) is 0 Å². The van der Waals surface area contributed by atoms with Gasteiger partial charge in [-0.05, 0) is 37.3 Å². The summed E-state index contributed by atoms with van der Waals surface area (Å²) >= 11 is 12.6. The summed E-state index contributed by atoms with van der Waals surface area (Å²) in [5.74, 6) is 1.05. The zero-order valence-corrected chi connectivity index (χ0v) is 24.5. The highest BCUT2D eigenvalue weighted by Gasteiger charge is 2.48. The number of hydrogen-bond donors (Lipinski definition) is 1. The second-order valence-corrected chi connectivity index (χ2v) is 13.1. The summed E-state index contributed by atoms with van der Waals surface area (Å²) in [6.45, 7) is 2.79. The van der Waals surface area contributed by atoms with E-state index in [4.69, 9.17) is 32.7 Å². The molecule has 1 unspecified atom stereocenters. The molecule has 214 valence electrons. The number of aromatic nitrogens is 4. The SMILES string of the molecule is CC(Oc1ccc2[nH]nc(-c3ccc(N4CC5(CCN(S(C)(=O)=O)CC5)OC4=O)nc3)c2c1)c1c(Cl)cncc1Cl. The summed E-state index contributed by atoms with van der Waals surface area (Å²) in [5, 5.41) is 9.19. The van der Waals surface area contributed by atoms with E-state index in [0.717, 1.165) is 16.5 Å². The van der Waals surface area contributed by atoms with E-state index in [0.29, 0.717) is 65.3 Å². The first-order valence-electron chi connectivity index (χ1n) is 12.9.